The third-order valence-corrected chi connectivity index (χ3v) is 6.06. The van der Waals surface area contributed by atoms with Crippen molar-refractivity contribution in [3.8, 4) is 5.75 Å². The Bertz CT molecular complexity index is 793. The number of hydrogen-bond acceptors (Lipinski definition) is 4. The van der Waals surface area contributed by atoms with E-state index in [0.29, 0.717) is 18.0 Å². The molecule has 148 valence electrons. The lowest BCUT2D eigenvalue weighted by molar-refractivity contribution is 0.304. The van der Waals surface area contributed by atoms with Gasteiger partial charge in [-0.1, -0.05) is 12.8 Å². The zero-order valence-electron chi connectivity index (χ0n) is 15.8. The van der Waals surface area contributed by atoms with Gasteiger partial charge in [-0.3, -0.25) is 4.31 Å². The van der Waals surface area contributed by atoms with Crippen LogP contribution >= 0.6 is 0 Å². The topological polar surface area (TPSA) is 58.6 Å². The maximum absolute atomic E-state index is 13.0. The van der Waals surface area contributed by atoms with Crippen molar-refractivity contribution in [2.75, 3.05) is 31.6 Å². The minimum Gasteiger partial charge on any atom is -0.494 e. The first-order valence-electron chi connectivity index (χ1n) is 9.07. The number of ether oxygens (including phenoxy) is 1. The second kappa shape index (κ2) is 10.3. The molecule has 5 nitrogen and oxygen atoms in total. The first kappa shape index (κ1) is 21.2. The molecule has 2 aromatic rings. The average Bonchev–Trinajstić information content (AvgIpc) is 2.67. The first-order valence-corrected chi connectivity index (χ1v) is 10.5. The third kappa shape index (κ3) is 6.22. The molecule has 0 aliphatic heterocycles. The Hall–Kier alpha value is -2.12. The summed E-state index contributed by atoms with van der Waals surface area (Å²) in [4.78, 5) is 0.0463. The van der Waals surface area contributed by atoms with E-state index in [1.165, 1.54) is 36.3 Å². The Labute approximate surface area is 161 Å². The van der Waals surface area contributed by atoms with Crippen LogP contribution in [0.15, 0.2) is 53.4 Å². The van der Waals surface area contributed by atoms with Crippen LogP contribution in [0.25, 0.3) is 0 Å². The predicted octanol–water partition coefficient (Wildman–Crippen LogP) is 3.81. The quantitative estimate of drug-likeness (QED) is 0.589. The zero-order valence-corrected chi connectivity index (χ0v) is 16.6. The number of unbranched alkanes of at least 4 members (excludes halogenated alkanes) is 3. The molecule has 0 saturated heterocycles. The molecule has 0 spiro atoms. The summed E-state index contributed by atoms with van der Waals surface area (Å²) in [6.07, 6.45) is 4.46. The summed E-state index contributed by atoms with van der Waals surface area (Å²) in [5, 5.41) is 3.13. The van der Waals surface area contributed by atoms with E-state index in [-0.39, 0.29) is 4.90 Å². The Morgan fingerprint density at radius 1 is 0.963 bits per heavy atom. The largest absolute Gasteiger partial charge is 0.494 e. The fraction of sp³-hybridized carbons (Fsp3) is 0.400. The first-order chi connectivity index (χ1) is 12.9. The van der Waals surface area contributed by atoms with Gasteiger partial charge in [-0.05, 0) is 75.0 Å². The summed E-state index contributed by atoms with van der Waals surface area (Å²) >= 11 is 0. The molecule has 1 N–H and O–H groups in total. The summed E-state index contributed by atoms with van der Waals surface area (Å²) < 4.78 is 45.1. The highest BCUT2D eigenvalue weighted by atomic mass is 32.2. The summed E-state index contributed by atoms with van der Waals surface area (Å²) in [5.41, 5.74) is 0.513. The second-order valence-electron chi connectivity index (χ2n) is 6.29. The fourth-order valence-corrected chi connectivity index (χ4v) is 3.80. The van der Waals surface area contributed by atoms with Crippen molar-refractivity contribution >= 4 is 15.7 Å². The van der Waals surface area contributed by atoms with Crippen LogP contribution in [-0.4, -0.2) is 35.7 Å². The lowest BCUT2D eigenvalue weighted by Gasteiger charge is -2.20. The molecule has 0 radical (unpaired) electrons. The second-order valence-corrected chi connectivity index (χ2v) is 8.26. The average molecular weight is 395 g/mol. The Kier molecular flexibility index (Phi) is 8.06. The summed E-state index contributed by atoms with van der Waals surface area (Å²) in [6.45, 7) is 1.68. The van der Waals surface area contributed by atoms with Crippen LogP contribution in [0.2, 0.25) is 0 Å². The minimum atomic E-state index is -3.73. The maximum Gasteiger partial charge on any atom is 0.264 e. The molecule has 0 aliphatic rings. The molecule has 0 amide bonds. The van der Waals surface area contributed by atoms with Crippen molar-refractivity contribution in [3.63, 3.8) is 0 Å². The summed E-state index contributed by atoms with van der Waals surface area (Å²) in [7, 11) is -0.308. The van der Waals surface area contributed by atoms with Gasteiger partial charge in [0.15, 0.2) is 0 Å². The molecule has 0 atom stereocenters. The van der Waals surface area contributed by atoms with Crippen LogP contribution in [0, 0.1) is 5.82 Å². The van der Waals surface area contributed by atoms with Gasteiger partial charge >= 0.3 is 0 Å². The van der Waals surface area contributed by atoms with Crippen molar-refractivity contribution in [3.05, 3.63) is 54.3 Å². The van der Waals surface area contributed by atoms with Gasteiger partial charge in [-0.25, -0.2) is 12.8 Å². The molecular formula is C20H27FN2O3S. The lowest BCUT2D eigenvalue weighted by Crippen LogP contribution is -2.26. The maximum atomic E-state index is 13.0. The van der Waals surface area contributed by atoms with Gasteiger partial charge in [0.2, 0.25) is 0 Å². The van der Waals surface area contributed by atoms with E-state index in [2.05, 4.69) is 5.32 Å². The van der Waals surface area contributed by atoms with Crippen LogP contribution in [0.5, 0.6) is 5.75 Å². The highest BCUT2D eigenvalue weighted by molar-refractivity contribution is 7.92. The van der Waals surface area contributed by atoms with Crippen molar-refractivity contribution in [1.82, 2.24) is 5.32 Å². The normalized spacial score (nSPS) is 11.4. The SMILES string of the molecule is CNCCCCCCOc1ccc(N(C)S(=O)(=O)c2ccc(F)cc2)cc1. The van der Waals surface area contributed by atoms with Gasteiger partial charge in [0.05, 0.1) is 17.2 Å². The van der Waals surface area contributed by atoms with Crippen LogP contribution in [-0.2, 0) is 10.0 Å². The number of sulfonamides is 1. The monoisotopic (exact) mass is 394 g/mol. The highest BCUT2D eigenvalue weighted by Gasteiger charge is 2.21. The van der Waals surface area contributed by atoms with Gasteiger partial charge in [-0.2, -0.15) is 0 Å². The number of benzene rings is 2. The van der Waals surface area contributed by atoms with Gasteiger partial charge < -0.3 is 10.1 Å². The number of halogens is 1. The van der Waals surface area contributed by atoms with Gasteiger partial charge in [0.1, 0.15) is 11.6 Å². The number of hydrogen-bond donors (Lipinski definition) is 1. The van der Waals surface area contributed by atoms with Crippen LogP contribution < -0.4 is 14.4 Å². The molecule has 0 saturated carbocycles. The Morgan fingerprint density at radius 3 is 2.22 bits per heavy atom. The number of rotatable bonds is 11. The Morgan fingerprint density at radius 2 is 1.59 bits per heavy atom. The Balaban J connectivity index is 1.89. The van der Waals surface area contributed by atoms with E-state index < -0.39 is 15.8 Å². The van der Waals surface area contributed by atoms with Crippen LogP contribution in [0.1, 0.15) is 25.7 Å². The van der Waals surface area contributed by atoms with E-state index in [1.54, 1.807) is 24.3 Å². The van der Waals surface area contributed by atoms with Crippen molar-refractivity contribution < 1.29 is 17.5 Å². The van der Waals surface area contributed by atoms with Crippen molar-refractivity contribution in [1.29, 1.82) is 0 Å². The van der Waals surface area contributed by atoms with Crippen molar-refractivity contribution in [2.24, 2.45) is 0 Å². The predicted molar refractivity (Wildman–Crippen MR) is 106 cm³/mol. The molecule has 0 bridgehead atoms. The minimum absolute atomic E-state index is 0.0463. The van der Waals surface area contributed by atoms with Crippen LogP contribution in [0.3, 0.4) is 0 Å². The summed E-state index contributed by atoms with van der Waals surface area (Å²) in [5.74, 6) is 0.238. The molecule has 2 rings (SSSR count). The third-order valence-electron chi connectivity index (χ3n) is 4.26. The molecular weight excluding hydrogens is 367 g/mol. The van der Waals surface area contributed by atoms with Crippen LogP contribution in [0.4, 0.5) is 10.1 Å². The zero-order chi connectivity index (χ0) is 19.7. The molecule has 2 aromatic carbocycles. The van der Waals surface area contributed by atoms with E-state index in [4.69, 9.17) is 4.74 Å². The number of nitrogens with one attached hydrogen (secondary N) is 1. The van der Waals surface area contributed by atoms with E-state index in [9.17, 15) is 12.8 Å². The van der Waals surface area contributed by atoms with Crippen molar-refractivity contribution in [2.45, 2.75) is 30.6 Å². The van der Waals surface area contributed by atoms with Gasteiger partial charge in [-0.15, -0.1) is 0 Å². The summed E-state index contributed by atoms with van der Waals surface area (Å²) in [6, 6.07) is 11.7. The molecule has 0 unspecified atom stereocenters. The standard InChI is InChI=1S/C20H27FN2O3S/c1-22-15-5-3-4-6-16-26-19-11-9-18(10-12-19)23(2)27(24,25)20-13-7-17(21)8-14-20/h7-14,22H,3-6,15-16H2,1-2H3. The lowest BCUT2D eigenvalue weighted by atomic mass is 10.2. The highest BCUT2D eigenvalue weighted by Crippen LogP contribution is 2.24. The molecule has 7 heteroatoms. The number of nitrogens with zero attached hydrogens (tertiary/aromatic N) is 1. The van der Waals surface area contributed by atoms with E-state index in [0.717, 1.165) is 31.5 Å². The molecule has 0 fully saturated rings. The van der Waals surface area contributed by atoms with Gasteiger partial charge in [0.25, 0.3) is 10.0 Å². The smallest absolute Gasteiger partial charge is 0.264 e. The molecule has 27 heavy (non-hydrogen) atoms. The van der Waals surface area contributed by atoms with E-state index >= 15 is 0 Å². The number of anilines is 1. The molecule has 0 heterocycles. The molecule has 0 aliphatic carbocycles. The molecule has 0 aromatic heterocycles. The fourth-order valence-electron chi connectivity index (χ4n) is 2.60. The van der Waals surface area contributed by atoms with Gasteiger partial charge in [0, 0.05) is 7.05 Å². The van der Waals surface area contributed by atoms with E-state index in [1.807, 2.05) is 7.05 Å².